The summed E-state index contributed by atoms with van der Waals surface area (Å²) in [6.07, 6.45) is 2.66. The zero-order valence-electron chi connectivity index (χ0n) is 10.7. The molecule has 1 saturated carbocycles. The van der Waals surface area contributed by atoms with Crippen LogP contribution in [0, 0.1) is 5.92 Å². The lowest BCUT2D eigenvalue weighted by Gasteiger charge is -2.14. The van der Waals surface area contributed by atoms with Crippen molar-refractivity contribution in [2.45, 2.75) is 58.5 Å². The maximum Gasteiger partial charge on any atom is 0.107 e. The van der Waals surface area contributed by atoms with Crippen LogP contribution in [-0.4, -0.2) is 11.0 Å². The molecule has 0 aliphatic heterocycles. The summed E-state index contributed by atoms with van der Waals surface area (Å²) in [7, 11) is 0. The van der Waals surface area contributed by atoms with Gasteiger partial charge in [-0.2, -0.15) is 0 Å². The third-order valence-electron chi connectivity index (χ3n) is 3.28. The summed E-state index contributed by atoms with van der Waals surface area (Å²) in [5.41, 5.74) is 1.40. The SMILES string of the molecule is CCC1CC1NCc1nc(C(C)(C)C)cs1. The van der Waals surface area contributed by atoms with Gasteiger partial charge in [0, 0.05) is 23.4 Å². The molecule has 0 radical (unpaired) electrons. The van der Waals surface area contributed by atoms with Crippen LogP contribution >= 0.6 is 11.3 Å². The van der Waals surface area contributed by atoms with Crippen molar-refractivity contribution in [3.05, 3.63) is 16.1 Å². The molecule has 0 amide bonds. The van der Waals surface area contributed by atoms with Crippen LogP contribution in [0.1, 0.15) is 51.2 Å². The first-order valence-electron chi connectivity index (χ1n) is 6.19. The number of rotatable bonds is 4. The lowest BCUT2D eigenvalue weighted by Crippen LogP contribution is -2.18. The maximum absolute atomic E-state index is 4.69. The van der Waals surface area contributed by atoms with E-state index >= 15 is 0 Å². The van der Waals surface area contributed by atoms with Crippen molar-refractivity contribution in [3.63, 3.8) is 0 Å². The van der Waals surface area contributed by atoms with Gasteiger partial charge < -0.3 is 5.32 Å². The fraction of sp³-hybridized carbons (Fsp3) is 0.769. The molecular weight excluding hydrogens is 216 g/mol. The fourth-order valence-electron chi connectivity index (χ4n) is 1.90. The van der Waals surface area contributed by atoms with Crippen molar-refractivity contribution in [3.8, 4) is 0 Å². The van der Waals surface area contributed by atoms with Crippen LogP contribution in [0.25, 0.3) is 0 Å². The lowest BCUT2D eigenvalue weighted by atomic mass is 9.93. The van der Waals surface area contributed by atoms with Gasteiger partial charge in [0.05, 0.1) is 5.69 Å². The molecule has 2 nitrogen and oxygen atoms in total. The number of aromatic nitrogens is 1. The van der Waals surface area contributed by atoms with E-state index in [2.05, 4.69) is 43.4 Å². The second-order valence-electron chi connectivity index (χ2n) is 5.77. The Bertz CT molecular complexity index is 351. The molecule has 1 aliphatic carbocycles. The predicted molar refractivity (Wildman–Crippen MR) is 69.8 cm³/mol. The molecule has 1 aromatic heterocycles. The van der Waals surface area contributed by atoms with E-state index in [0.29, 0.717) is 0 Å². The molecule has 1 aliphatic rings. The van der Waals surface area contributed by atoms with Gasteiger partial charge in [-0.15, -0.1) is 11.3 Å². The predicted octanol–water partition coefficient (Wildman–Crippen LogP) is 3.33. The standard InChI is InChI=1S/C13H22N2S/c1-5-9-6-10(9)14-7-12-15-11(8-16-12)13(2,3)4/h8-10,14H,5-7H2,1-4H3. The van der Waals surface area contributed by atoms with E-state index in [1.165, 1.54) is 23.5 Å². The molecule has 1 fully saturated rings. The monoisotopic (exact) mass is 238 g/mol. The zero-order chi connectivity index (χ0) is 11.8. The van der Waals surface area contributed by atoms with E-state index in [4.69, 9.17) is 0 Å². The van der Waals surface area contributed by atoms with Crippen molar-refractivity contribution in [1.29, 1.82) is 0 Å². The molecule has 2 atom stereocenters. The van der Waals surface area contributed by atoms with E-state index in [0.717, 1.165) is 18.5 Å². The Morgan fingerprint density at radius 1 is 1.50 bits per heavy atom. The van der Waals surface area contributed by atoms with Crippen LogP contribution in [-0.2, 0) is 12.0 Å². The van der Waals surface area contributed by atoms with Crippen LogP contribution < -0.4 is 5.32 Å². The van der Waals surface area contributed by atoms with E-state index in [9.17, 15) is 0 Å². The second-order valence-corrected chi connectivity index (χ2v) is 6.71. The number of hydrogen-bond acceptors (Lipinski definition) is 3. The van der Waals surface area contributed by atoms with Crippen molar-refractivity contribution in [2.75, 3.05) is 0 Å². The van der Waals surface area contributed by atoms with Crippen LogP contribution in [0.2, 0.25) is 0 Å². The highest BCUT2D eigenvalue weighted by Crippen LogP contribution is 2.33. The molecule has 0 aromatic carbocycles. The summed E-state index contributed by atoms with van der Waals surface area (Å²) in [6.45, 7) is 9.86. The number of nitrogens with zero attached hydrogens (tertiary/aromatic N) is 1. The molecule has 1 N–H and O–H groups in total. The topological polar surface area (TPSA) is 24.9 Å². The Labute approximate surface area is 102 Å². The molecule has 16 heavy (non-hydrogen) atoms. The Hall–Kier alpha value is -0.410. The normalized spacial score (nSPS) is 24.8. The molecule has 0 bridgehead atoms. The van der Waals surface area contributed by atoms with Gasteiger partial charge in [0.25, 0.3) is 0 Å². The third-order valence-corrected chi connectivity index (χ3v) is 4.13. The summed E-state index contributed by atoms with van der Waals surface area (Å²) in [6, 6.07) is 0.756. The average Bonchev–Trinajstić information content (AvgIpc) is 2.79. The van der Waals surface area contributed by atoms with Gasteiger partial charge in [0.2, 0.25) is 0 Å². The molecule has 0 saturated heterocycles. The highest BCUT2D eigenvalue weighted by atomic mass is 32.1. The van der Waals surface area contributed by atoms with Crippen LogP contribution in [0.3, 0.4) is 0 Å². The van der Waals surface area contributed by atoms with Gasteiger partial charge >= 0.3 is 0 Å². The van der Waals surface area contributed by atoms with E-state index in [1.54, 1.807) is 11.3 Å². The highest BCUT2D eigenvalue weighted by Gasteiger charge is 2.34. The minimum atomic E-state index is 0.181. The van der Waals surface area contributed by atoms with Gasteiger partial charge in [0.15, 0.2) is 0 Å². The molecule has 1 aromatic rings. The first-order valence-corrected chi connectivity index (χ1v) is 7.07. The van der Waals surface area contributed by atoms with E-state index < -0.39 is 0 Å². The Kier molecular flexibility index (Phi) is 3.36. The van der Waals surface area contributed by atoms with Gasteiger partial charge in [-0.25, -0.2) is 4.98 Å². The van der Waals surface area contributed by atoms with E-state index in [1.807, 2.05) is 0 Å². The first kappa shape index (κ1) is 12.1. The number of hydrogen-bond donors (Lipinski definition) is 1. The van der Waals surface area contributed by atoms with Crippen LogP contribution in [0.15, 0.2) is 5.38 Å². The summed E-state index contributed by atoms with van der Waals surface area (Å²) in [4.78, 5) is 4.69. The summed E-state index contributed by atoms with van der Waals surface area (Å²) >= 11 is 1.78. The molecule has 0 spiro atoms. The minimum absolute atomic E-state index is 0.181. The molecule has 2 unspecified atom stereocenters. The molecule has 1 heterocycles. The van der Waals surface area contributed by atoms with Gasteiger partial charge in [-0.3, -0.25) is 0 Å². The summed E-state index contributed by atoms with van der Waals surface area (Å²) < 4.78 is 0. The van der Waals surface area contributed by atoms with Gasteiger partial charge in [-0.05, 0) is 12.3 Å². The van der Waals surface area contributed by atoms with Crippen molar-refractivity contribution < 1.29 is 0 Å². The number of thiazole rings is 1. The zero-order valence-corrected chi connectivity index (χ0v) is 11.5. The molecule has 90 valence electrons. The average molecular weight is 238 g/mol. The smallest absolute Gasteiger partial charge is 0.107 e. The first-order chi connectivity index (χ1) is 7.50. The quantitative estimate of drug-likeness (QED) is 0.870. The maximum atomic E-state index is 4.69. The van der Waals surface area contributed by atoms with Crippen LogP contribution in [0.4, 0.5) is 0 Å². The van der Waals surface area contributed by atoms with E-state index in [-0.39, 0.29) is 5.41 Å². The summed E-state index contributed by atoms with van der Waals surface area (Å²) in [5, 5.41) is 7.01. The third kappa shape index (κ3) is 2.83. The van der Waals surface area contributed by atoms with Gasteiger partial charge in [-0.1, -0.05) is 34.1 Å². The lowest BCUT2D eigenvalue weighted by molar-refractivity contribution is 0.566. The second kappa shape index (κ2) is 4.46. The Morgan fingerprint density at radius 2 is 2.25 bits per heavy atom. The van der Waals surface area contributed by atoms with Crippen molar-refractivity contribution in [2.24, 2.45) is 5.92 Å². The fourth-order valence-corrected chi connectivity index (χ4v) is 2.88. The molecular formula is C13H22N2S. The summed E-state index contributed by atoms with van der Waals surface area (Å²) in [5.74, 6) is 0.919. The Morgan fingerprint density at radius 3 is 2.75 bits per heavy atom. The Balaban J connectivity index is 1.84. The van der Waals surface area contributed by atoms with Crippen LogP contribution in [0.5, 0.6) is 0 Å². The van der Waals surface area contributed by atoms with Crippen molar-refractivity contribution >= 4 is 11.3 Å². The molecule has 3 heteroatoms. The number of nitrogens with one attached hydrogen (secondary N) is 1. The largest absolute Gasteiger partial charge is 0.307 e. The van der Waals surface area contributed by atoms with Gasteiger partial charge in [0.1, 0.15) is 5.01 Å². The highest BCUT2D eigenvalue weighted by molar-refractivity contribution is 7.09. The molecule has 2 rings (SSSR count). The minimum Gasteiger partial charge on any atom is -0.307 e. The van der Waals surface area contributed by atoms with Crippen molar-refractivity contribution in [1.82, 2.24) is 10.3 Å².